The molecule has 1 N–H and O–H groups in total. The van der Waals surface area contributed by atoms with Crippen LogP contribution in [-0.2, 0) is 5.41 Å². The molecule has 1 aliphatic rings. The smallest absolute Gasteiger partial charge is 0.287 e. The van der Waals surface area contributed by atoms with E-state index in [0.29, 0.717) is 22.5 Å². The lowest BCUT2D eigenvalue weighted by atomic mass is 9.86. The quantitative estimate of drug-likeness (QED) is 0.485. The summed E-state index contributed by atoms with van der Waals surface area (Å²) in [7, 11) is 0. The third-order valence-corrected chi connectivity index (χ3v) is 7.09. The molecule has 1 amide bonds. The molecular weight excluding hydrogens is 448 g/mol. The van der Waals surface area contributed by atoms with Crippen LogP contribution in [0.3, 0.4) is 0 Å². The van der Waals surface area contributed by atoms with Crippen LogP contribution >= 0.6 is 11.6 Å². The molecule has 1 fully saturated rings. The van der Waals surface area contributed by atoms with Crippen molar-refractivity contribution in [1.82, 2.24) is 10.2 Å². The number of aryl methyl sites for hydroxylation is 1. The summed E-state index contributed by atoms with van der Waals surface area (Å²) in [6.07, 6.45) is 3.56. The number of likely N-dealkylation sites (tertiary alicyclic amines) is 1. The van der Waals surface area contributed by atoms with Crippen LogP contribution in [0.4, 0.5) is 0 Å². The lowest BCUT2D eigenvalue weighted by Crippen LogP contribution is -2.40. The normalized spacial score (nSPS) is 15.9. The van der Waals surface area contributed by atoms with E-state index in [1.54, 1.807) is 12.1 Å². The summed E-state index contributed by atoms with van der Waals surface area (Å²) in [6, 6.07) is 13.3. The zero-order valence-corrected chi connectivity index (χ0v) is 21.2. The van der Waals surface area contributed by atoms with Gasteiger partial charge in [-0.25, -0.2) is 0 Å². The molecule has 4 rings (SSSR count). The van der Waals surface area contributed by atoms with E-state index in [1.807, 2.05) is 6.92 Å². The van der Waals surface area contributed by atoms with E-state index < -0.39 is 0 Å². The summed E-state index contributed by atoms with van der Waals surface area (Å²) in [5.74, 6) is -0.375. The summed E-state index contributed by atoms with van der Waals surface area (Å²) in [5, 5.41) is 3.89. The van der Waals surface area contributed by atoms with Crippen LogP contribution in [-0.4, -0.2) is 30.4 Å². The number of carbonyl (C=O) groups excluding carboxylic acids is 1. The first-order chi connectivity index (χ1) is 16.1. The van der Waals surface area contributed by atoms with Crippen LogP contribution in [0.2, 0.25) is 5.02 Å². The van der Waals surface area contributed by atoms with Gasteiger partial charge in [0.2, 0.25) is 0 Å². The van der Waals surface area contributed by atoms with Gasteiger partial charge >= 0.3 is 0 Å². The van der Waals surface area contributed by atoms with Gasteiger partial charge in [0, 0.05) is 17.6 Å². The number of benzene rings is 2. The lowest BCUT2D eigenvalue weighted by Gasteiger charge is -2.35. The predicted octanol–water partition coefficient (Wildman–Crippen LogP) is 6.01. The van der Waals surface area contributed by atoms with Gasteiger partial charge in [0.15, 0.2) is 11.2 Å². The highest BCUT2D eigenvalue weighted by atomic mass is 35.5. The number of amides is 1. The molecule has 1 saturated heterocycles. The first-order valence-corrected chi connectivity index (χ1v) is 12.4. The molecule has 180 valence electrons. The first kappa shape index (κ1) is 24.5. The molecule has 0 aliphatic carbocycles. The Kier molecular flexibility index (Phi) is 7.15. The summed E-state index contributed by atoms with van der Waals surface area (Å²) >= 11 is 6.15. The van der Waals surface area contributed by atoms with E-state index in [1.165, 1.54) is 23.6 Å². The highest BCUT2D eigenvalue weighted by Gasteiger charge is 2.24. The maximum atomic E-state index is 13.0. The lowest BCUT2D eigenvalue weighted by molar-refractivity contribution is 0.0897. The molecule has 6 heteroatoms. The van der Waals surface area contributed by atoms with Gasteiger partial charge in [-0.3, -0.25) is 14.5 Å². The van der Waals surface area contributed by atoms with Gasteiger partial charge in [0.05, 0.1) is 11.4 Å². The van der Waals surface area contributed by atoms with E-state index >= 15 is 0 Å². The zero-order chi connectivity index (χ0) is 24.5. The minimum absolute atomic E-state index is 0.0136. The van der Waals surface area contributed by atoms with Crippen molar-refractivity contribution in [2.75, 3.05) is 19.6 Å². The Hall–Kier alpha value is -2.63. The molecule has 1 aromatic heterocycles. The molecule has 1 aliphatic heterocycles. The zero-order valence-electron chi connectivity index (χ0n) is 20.4. The molecule has 0 unspecified atom stereocenters. The minimum atomic E-state index is -0.389. The van der Waals surface area contributed by atoms with Crippen LogP contribution in [0.1, 0.15) is 73.3 Å². The Bertz CT molecular complexity index is 1240. The molecule has 2 aromatic carbocycles. The molecule has 0 saturated carbocycles. The van der Waals surface area contributed by atoms with Gasteiger partial charge in [0.25, 0.3) is 5.91 Å². The standard InChI is InChI=1S/C28H33ClN2O3/c1-18-14-25-21(15-22(18)29)24(32)16-26(34-25)27(33)30-17-23(31-12-6-5-7-13-31)19-8-10-20(11-9-19)28(2,3)4/h8-11,14-16,23H,5-7,12-13,17H2,1-4H3,(H,30,33)/t23-/m1/s1. The maximum Gasteiger partial charge on any atom is 0.287 e. The van der Waals surface area contributed by atoms with Crippen molar-refractivity contribution in [2.45, 2.75) is 58.4 Å². The molecule has 0 radical (unpaired) electrons. The molecule has 3 aromatic rings. The van der Waals surface area contributed by atoms with Crippen molar-refractivity contribution < 1.29 is 9.21 Å². The summed E-state index contributed by atoms with van der Waals surface area (Å²) in [6.45, 7) is 10.9. The van der Waals surface area contributed by atoms with Crippen LogP contribution in [0.5, 0.6) is 0 Å². The fourth-order valence-electron chi connectivity index (χ4n) is 4.56. The summed E-state index contributed by atoms with van der Waals surface area (Å²) in [5.41, 5.74) is 3.43. The number of nitrogens with zero attached hydrogens (tertiary/aromatic N) is 1. The Labute approximate surface area is 206 Å². The van der Waals surface area contributed by atoms with Crippen molar-refractivity contribution in [3.63, 3.8) is 0 Å². The fraction of sp³-hybridized carbons (Fsp3) is 0.429. The van der Waals surface area contributed by atoms with Gasteiger partial charge in [-0.1, -0.05) is 63.1 Å². The molecule has 0 bridgehead atoms. The van der Waals surface area contributed by atoms with Gasteiger partial charge in [-0.15, -0.1) is 0 Å². The maximum absolute atomic E-state index is 13.0. The van der Waals surface area contributed by atoms with Crippen LogP contribution in [0.25, 0.3) is 11.0 Å². The van der Waals surface area contributed by atoms with Crippen LogP contribution < -0.4 is 10.7 Å². The van der Waals surface area contributed by atoms with E-state index in [-0.39, 0.29) is 28.6 Å². The average Bonchev–Trinajstić information content (AvgIpc) is 2.81. The number of fused-ring (bicyclic) bond motifs is 1. The van der Waals surface area contributed by atoms with E-state index in [9.17, 15) is 9.59 Å². The van der Waals surface area contributed by atoms with E-state index in [0.717, 1.165) is 31.5 Å². The van der Waals surface area contributed by atoms with E-state index in [2.05, 4.69) is 55.3 Å². The van der Waals surface area contributed by atoms with Crippen LogP contribution in [0, 0.1) is 6.92 Å². The summed E-state index contributed by atoms with van der Waals surface area (Å²) < 4.78 is 5.79. The molecule has 2 heterocycles. The van der Waals surface area contributed by atoms with E-state index in [4.69, 9.17) is 16.0 Å². The molecule has 5 nitrogen and oxygen atoms in total. The number of hydrogen-bond acceptors (Lipinski definition) is 4. The largest absolute Gasteiger partial charge is 0.451 e. The third-order valence-electron chi connectivity index (χ3n) is 6.68. The highest BCUT2D eigenvalue weighted by Crippen LogP contribution is 2.28. The Balaban J connectivity index is 1.57. The topological polar surface area (TPSA) is 62.6 Å². The number of carbonyl (C=O) groups is 1. The summed E-state index contributed by atoms with van der Waals surface area (Å²) in [4.78, 5) is 28.0. The Morgan fingerprint density at radius 3 is 2.41 bits per heavy atom. The Morgan fingerprint density at radius 1 is 1.09 bits per heavy atom. The second kappa shape index (κ2) is 9.93. The number of piperidine rings is 1. The van der Waals surface area contributed by atoms with Gasteiger partial charge in [0.1, 0.15) is 5.58 Å². The average molecular weight is 481 g/mol. The number of hydrogen-bond donors (Lipinski definition) is 1. The third kappa shape index (κ3) is 5.37. The first-order valence-electron chi connectivity index (χ1n) is 12.0. The second-order valence-corrected chi connectivity index (χ2v) is 10.7. The molecule has 0 spiro atoms. The Morgan fingerprint density at radius 2 is 1.76 bits per heavy atom. The number of halogens is 1. The monoisotopic (exact) mass is 480 g/mol. The number of rotatable bonds is 5. The number of nitrogens with one attached hydrogen (secondary N) is 1. The predicted molar refractivity (Wildman–Crippen MR) is 138 cm³/mol. The minimum Gasteiger partial charge on any atom is -0.451 e. The van der Waals surface area contributed by atoms with Crippen molar-refractivity contribution in [3.05, 3.63) is 80.2 Å². The van der Waals surface area contributed by atoms with Crippen LogP contribution in [0.15, 0.2) is 51.7 Å². The SMILES string of the molecule is Cc1cc2oc(C(=O)NC[C@H](c3ccc(C(C)(C)C)cc3)N3CCCCC3)cc(=O)c2cc1Cl. The van der Waals surface area contributed by atoms with Crippen molar-refractivity contribution in [3.8, 4) is 0 Å². The fourth-order valence-corrected chi connectivity index (χ4v) is 4.72. The van der Waals surface area contributed by atoms with Crippen molar-refractivity contribution in [2.24, 2.45) is 0 Å². The van der Waals surface area contributed by atoms with Gasteiger partial charge in [-0.05, 0) is 67.1 Å². The van der Waals surface area contributed by atoms with Crippen molar-refractivity contribution in [1.29, 1.82) is 0 Å². The second-order valence-electron chi connectivity index (χ2n) is 10.3. The van der Waals surface area contributed by atoms with Gasteiger partial charge in [-0.2, -0.15) is 0 Å². The highest BCUT2D eigenvalue weighted by molar-refractivity contribution is 6.32. The molecule has 34 heavy (non-hydrogen) atoms. The molecular formula is C28H33ClN2O3. The van der Waals surface area contributed by atoms with Crippen molar-refractivity contribution >= 4 is 28.5 Å². The molecule has 1 atom stereocenters. The van der Waals surface area contributed by atoms with Gasteiger partial charge < -0.3 is 9.73 Å².